The standard InChI is InChI=1S/C13H16N6O2/c1-2-5-14-12-7-11(19(20)21)8-13(17-12)15-9-10-4-3-6-16-18-10/h3-4,6-8H,2,5,9H2,1H3,(H2,14,15,17). The fourth-order valence-corrected chi connectivity index (χ4v) is 1.66. The topological polar surface area (TPSA) is 106 Å². The molecule has 110 valence electrons. The molecule has 21 heavy (non-hydrogen) atoms. The van der Waals surface area contributed by atoms with Crippen LogP contribution in [0.4, 0.5) is 17.3 Å². The van der Waals surface area contributed by atoms with Gasteiger partial charge >= 0.3 is 0 Å². The predicted octanol–water partition coefficient (Wildman–Crippen LogP) is 2.21. The van der Waals surface area contributed by atoms with Crippen LogP contribution in [-0.4, -0.2) is 26.6 Å². The van der Waals surface area contributed by atoms with Gasteiger partial charge in [-0.1, -0.05) is 6.92 Å². The van der Waals surface area contributed by atoms with Crippen LogP contribution in [0.2, 0.25) is 0 Å². The summed E-state index contributed by atoms with van der Waals surface area (Å²) in [6, 6.07) is 6.41. The fraction of sp³-hybridized carbons (Fsp3) is 0.308. The minimum Gasteiger partial charge on any atom is -0.370 e. The zero-order valence-corrected chi connectivity index (χ0v) is 11.6. The summed E-state index contributed by atoms with van der Waals surface area (Å²) in [5.74, 6) is 0.904. The van der Waals surface area contributed by atoms with E-state index < -0.39 is 4.92 Å². The molecule has 2 aromatic rings. The van der Waals surface area contributed by atoms with Gasteiger partial charge < -0.3 is 10.6 Å². The highest BCUT2D eigenvalue weighted by Crippen LogP contribution is 2.20. The summed E-state index contributed by atoms with van der Waals surface area (Å²) >= 11 is 0. The van der Waals surface area contributed by atoms with Gasteiger partial charge in [0.15, 0.2) is 0 Å². The van der Waals surface area contributed by atoms with Crippen molar-refractivity contribution in [3.63, 3.8) is 0 Å². The van der Waals surface area contributed by atoms with Gasteiger partial charge in [-0.2, -0.15) is 10.2 Å². The Morgan fingerprint density at radius 3 is 2.67 bits per heavy atom. The van der Waals surface area contributed by atoms with Gasteiger partial charge in [0, 0.05) is 12.7 Å². The second kappa shape index (κ2) is 7.13. The van der Waals surface area contributed by atoms with Gasteiger partial charge in [0.25, 0.3) is 5.69 Å². The highest BCUT2D eigenvalue weighted by Gasteiger charge is 2.11. The van der Waals surface area contributed by atoms with Crippen LogP contribution in [-0.2, 0) is 6.54 Å². The maximum atomic E-state index is 11.0. The third-order valence-electron chi connectivity index (χ3n) is 2.66. The quantitative estimate of drug-likeness (QED) is 0.594. The predicted molar refractivity (Wildman–Crippen MR) is 79.0 cm³/mol. The van der Waals surface area contributed by atoms with Crippen LogP contribution >= 0.6 is 0 Å². The molecule has 0 amide bonds. The SMILES string of the molecule is CCCNc1cc([N+](=O)[O-])cc(NCc2cccnn2)n1. The third kappa shape index (κ3) is 4.37. The van der Waals surface area contributed by atoms with Gasteiger partial charge in [0.1, 0.15) is 11.6 Å². The zero-order valence-electron chi connectivity index (χ0n) is 11.6. The summed E-state index contributed by atoms with van der Waals surface area (Å²) in [6.07, 6.45) is 2.49. The van der Waals surface area contributed by atoms with Gasteiger partial charge in [0.2, 0.25) is 0 Å². The molecule has 0 fully saturated rings. The fourth-order valence-electron chi connectivity index (χ4n) is 1.66. The van der Waals surface area contributed by atoms with Gasteiger partial charge in [0.05, 0.1) is 29.3 Å². The van der Waals surface area contributed by atoms with Gasteiger partial charge in [-0.25, -0.2) is 4.98 Å². The summed E-state index contributed by atoms with van der Waals surface area (Å²) in [5.41, 5.74) is 0.721. The second-order valence-corrected chi connectivity index (χ2v) is 4.35. The Balaban J connectivity index is 2.13. The van der Waals surface area contributed by atoms with Crippen molar-refractivity contribution in [2.45, 2.75) is 19.9 Å². The van der Waals surface area contributed by atoms with Crippen molar-refractivity contribution in [2.75, 3.05) is 17.2 Å². The third-order valence-corrected chi connectivity index (χ3v) is 2.66. The molecule has 0 aliphatic heterocycles. The van der Waals surface area contributed by atoms with Crippen LogP contribution in [0.15, 0.2) is 30.5 Å². The number of hydrogen-bond acceptors (Lipinski definition) is 7. The molecule has 0 saturated carbocycles. The highest BCUT2D eigenvalue weighted by atomic mass is 16.6. The van der Waals surface area contributed by atoms with E-state index in [-0.39, 0.29) is 5.69 Å². The molecule has 2 rings (SSSR count). The normalized spacial score (nSPS) is 10.1. The van der Waals surface area contributed by atoms with E-state index >= 15 is 0 Å². The molecular weight excluding hydrogens is 272 g/mol. The molecule has 0 atom stereocenters. The number of rotatable bonds is 7. The first-order valence-corrected chi connectivity index (χ1v) is 6.60. The molecule has 0 aliphatic carbocycles. The number of nitrogens with one attached hydrogen (secondary N) is 2. The van der Waals surface area contributed by atoms with Crippen molar-refractivity contribution < 1.29 is 4.92 Å². The summed E-state index contributed by atoms with van der Waals surface area (Å²) in [5, 5.41) is 24.7. The maximum absolute atomic E-state index is 11.0. The average Bonchev–Trinajstić information content (AvgIpc) is 2.51. The number of pyridine rings is 1. The van der Waals surface area contributed by atoms with Crippen LogP contribution in [0.1, 0.15) is 19.0 Å². The molecule has 0 spiro atoms. The monoisotopic (exact) mass is 288 g/mol. The molecule has 8 nitrogen and oxygen atoms in total. The van der Waals surface area contributed by atoms with Crippen molar-refractivity contribution in [3.8, 4) is 0 Å². The molecule has 2 heterocycles. The van der Waals surface area contributed by atoms with Crippen LogP contribution in [0.5, 0.6) is 0 Å². The van der Waals surface area contributed by atoms with Crippen LogP contribution in [0.3, 0.4) is 0 Å². The maximum Gasteiger partial charge on any atom is 0.276 e. The Bertz CT molecular complexity index is 605. The Morgan fingerprint density at radius 1 is 1.29 bits per heavy atom. The summed E-state index contributed by atoms with van der Waals surface area (Å²) in [7, 11) is 0. The zero-order chi connectivity index (χ0) is 15.1. The van der Waals surface area contributed by atoms with Crippen LogP contribution < -0.4 is 10.6 Å². The lowest BCUT2D eigenvalue weighted by Gasteiger charge is -2.08. The van der Waals surface area contributed by atoms with Gasteiger partial charge in [-0.3, -0.25) is 10.1 Å². The van der Waals surface area contributed by atoms with Crippen LogP contribution in [0, 0.1) is 10.1 Å². The smallest absolute Gasteiger partial charge is 0.276 e. The summed E-state index contributed by atoms with van der Waals surface area (Å²) < 4.78 is 0. The largest absolute Gasteiger partial charge is 0.370 e. The molecule has 0 radical (unpaired) electrons. The molecule has 8 heteroatoms. The Hall–Kier alpha value is -2.77. The lowest BCUT2D eigenvalue weighted by Crippen LogP contribution is -2.07. The number of nitrogens with zero attached hydrogens (tertiary/aromatic N) is 4. The Labute approximate surface area is 121 Å². The van der Waals surface area contributed by atoms with E-state index in [1.807, 2.05) is 13.0 Å². The first-order chi connectivity index (χ1) is 10.2. The first kappa shape index (κ1) is 14.6. The van der Waals surface area contributed by atoms with E-state index in [0.29, 0.717) is 24.7 Å². The minimum atomic E-state index is -0.438. The van der Waals surface area contributed by atoms with Crippen molar-refractivity contribution >= 4 is 17.3 Å². The number of nitro groups is 1. The lowest BCUT2D eigenvalue weighted by molar-refractivity contribution is -0.384. The van der Waals surface area contributed by atoms with Crippen molar-refractivity contribution in [1.82, 2.24) is 15.2 Å². The average molecular weight is 288 g/mol. The molecule has 0 saturated heterocycles. The number of aromatic nitrogens is 3. The molecule has 0 aromatic carbocycles. The summed E-state index contributed by atoms with van der Waals surface area (Å²) in [4.78, 5) is 14.8. The van der Waals surface area contributed by atoms with Crippen LogP contribution in [0.25, 0.3) is 0 Å². The molecule has 2 N–H and O–H groups in total. The van der Waals surface area contributed by atoms with E-state index in [1.54, 1.807) is 12.3 Å². The van der Waals surface area contributed by atoms with E-state index in [1.165, 1.54) is 12.1 Å². The Kier molecular flexibility index (Phi) is 4.97. The van der Waals surface area contributed by atoms with Crippen molar-refractivity contribution in [1.29, 1.82) is 0 Å². The first-order valence-electron chi connectivity index (χ1n) is 6.60. The van der Waals surface area contributed by atoms with Crippen molar-refractivity contribution in [2.24, 2.45) is 0 Å². The Morgan fingerprint density at radius 2 is 2.05 bits per heavy atom. The van der Waals surface area contributed by atoms with E-state index in [9.17, 15) is 10.1 Å². The van der Waals surface area contributed by atoms with E-state index in [2.05, 4.69) is 25.8 Å². The molecule has 2 aromatic heterocycles. The van der Waals surface area contributed by atoms with Gasteiger partial charge in [-0.15, -0.1) is 0 Å². The molecular formula is C13H16N6O2. The van der Waals surface area contributed by atoms with E-state index in [0.717, 1.165) is 12.1 Å². The molecule has 0 unspecified atom stereocenters. The minimum absolute atomic E-state index is 0.00903. The molecule has 0 aliphatic rings. The number of hydrogen-bond donors (Lipinski definition) is 2. The molecule has 0 bridgehead atoms. The number of anilines is 2. The van der Waals surface area contributed by atoms with Crippen molar-refractivity contribution in [3.05, 3.63) is 46.3 Å². The lowest BCUT2D eigenvalue weighted by atomic mass is 10.3. The van der Waals surface area contributed by atoms with E-state index in [4.69, 9.17) is 0 Å². The highest BCUT2D eigenvalue weighted by molar-refractivity contribution is 5.54. The van der Waals surface area contributed by atoms with Gasteiger partial charge in [-0.05, 0) is 18.6 Å². The summed E-state index contributed by atoms with van der Waals surface area (Å²) in [6.45, 7) is 3.12. The second-order valence-electron chi connectivity index (χ2n) is 4.35.